The van der Waals surface area contributed by atoms with Crippen molar-refractivity contribution in [3.05, 3.63) is 30.1 Å². The number of hydrogen-bond acceptors (Lipinski definition) is 2. The number of ether oxygens (including phenoxy) is 1. The Labute approximate surface area is 103 Å². The lowest BCUT2D eigenvalue weighted by atomic mass is 10.1. The summed E-state index contributed by atoms with van der Waals surface area (Å²) in [4.78, 5) is 0. The molecule has 0 aromatic heterocycles. The lowest BCUT2D eigenvalue weighted by Gasteiger charge is -2.23. The van der Waals surface area contributed by atoms with Gasteiger partial charge in [0.1, 0.15) is 17.7 Å². The topological polar surface area (TPSA) is 21.3 Å². The van der Waals surface area contributed by atoms with Gasteiger partial charge in [0, 0.05) is 12.6 Å². The molecule has 0 aliphatic rings. The lowest BCUT2D eigenvalue weighted by Crippen LogP contribution is -2.35. The van der Waals surface area contributed by atoms with Gasteiger partial charge in [-0.25, -0.2) is 4.39 Å². The molecular weight excluding hydrogens is 217 g/mol. The van der Waals surface area contributed by atoms with E-state index in [1.165, 1.54) is 12.1 Å². The first-order valence-corrected chi connectivity index (χ1v) is 6.26. The van der Waals surface area contributed by atoms with Crippen LogP contribution in [-0.2, 0) is 0 Å². The molecule has 1 aromatic rings. The second-order valence-electron chi connectivity index (χ2n) is 4.56. The highest BCUT2D eigenvalue weighted by Crippen LogP contribution is 2.16. The van der Waals surface area contributed by atoms with Gasteiger partial charge >= 0.3 is 0 Å². The lowest BCUT2D eigenvalue weighted by molar-refractivity contribution is 0.148. The van der Waals surface area contributed by atoms with Crippen LogP contribution in [0.2, 0.25) is 0 Å². The predicted molar refractivity (Wildman–Crippen MR) is 68.8 cm³/mol. The quantitative estimate of drug-likeness (QED) is 0.738. The standard InChI is InChI=1S/C14H22FNO/c1-4-8-16-10-14(11(2)3)17-13-7-5-6-12(15)9-13/h5-7,9,11,14,16H,4,8,10H2,1-3H3. The molecule has 1 atom stereocenters. The minimum atomic E-state index is -0.258. The summed E-state index contributed by atoms with van der Waals surface area (Å²) in [6.07, 6.45) is 1.17. The molecule has 0 fully saturated rings. The first-order chi connectivity index (χ1) is 8.13. The molecule has 17 heavy (non-hydrogen) atoms. The highest BCUT2D eigenvalue weighted by Gasteiger charge is 2.14. The summed E-state index contributed by atoms with van der Waals surface area (Å²) in [5, 5.41) is 3.33. The fourth-order valence-electron chi connectivity index (χ4n) is 1.55. The van der Waals surface area contributed by atoms with Crippen LogP contribution < -0.4 is 10.1 Å². The van der Waals surface area contributed by atoms with Crippen molar-refractivity contribution < 1.29 is 9.13 Å². The van der Waals surface area contributed by atoms with Gasteiger partial charge in [0.2, 0.25) is 0 Å². The second kappa shape index (κ2) is 7.28. The van der Waals surface area contributed by atoms with Crippen molar-refractivity contribution in [3.8, 4) is 5.75 Å². The maximum absolute atomic E-state index is 13.0. The Kier molecular flexibility index (Phi) is 5.98. The number of halogens is 1. The first kappa shape index (κ1) is 14.0. The molecular formula is C14H22FNO. The van der Waals surface area contributed by atoms with Gasteiger partial charge in [-0.1, -0.05) is 26.8 Å². The largest absolute Gasteiger partial charge is 0.489 e. The van der Waals surface area contributed by atoms with Gasteiger partial charge in [0.25, 0.3) is 0 Å². The van der Waals surface area contributed by atoms with Crippen molar-refractivity contribution in [1.29, 1.82) is 0 Å². The van der Waals surface area contributed by atoms with E-state index in [2.05, 4.69) is 26.1 Å². The number of nitrogens with one attached hydrogen (secondary N) is 1. The van der Waals surface area contributed by atoms with E-state index in [0.717, 1.165) is 19.5 Å². The zero-order chi connectivity index (χ0) is 12.7. The van der Waals surface area contributed by atoms with E-state index in [1.807, 2.05) is 0 Å². The Hall–Kier alpha value is -1.09. The third kappa shape index (κ3) is 5.18. The zero-order valence-corrected chi connectivity index (χ0v) is 10.9. The minimum Gasteiger partial charge on any atom is -0.489 e. The van der Waals surface area contributed by atoms with E-state index < -0.39 is 0 Å². The smallest absolute Gasteiger partial charge is 0.126 e. The zero-order valence-electron chi connectivity index (χ0n) is 10.9. The monoisotopic (exact) mass is 239 g/mol. The van der Waals surface area contributed by atoms with Crippen molar-refractivity contribution in [2.45, 2.75) is 33.3 Å². The molecule has 1 unspecified atom stereocenters. The van der Waals surface area contributed by atoms with E-state index >= 15 is 0 Å². The Morgan fingerprint density at radius 1 is 1.35 bits per heavy atom. The molecule has 2 nitrogen and oxygen atoms in total. The van der Waals surface area contributed by atoms with Gasteiger partial charge in [0.15, 0.2) is 0 Å². The molecule has 0 amide bonds. The average molecular weight is 239 g/mol. The van der Waals surface area contributed by atoms with E-state index in [9.17, 15) is 4.39 Å². The molecule has 0 bridgehead atoms. The summed E-state index contributed by atoms with van der Waals surface area (Å²) in [6.45, 7) is 8.12. The van der Waals surface area contributed by atoms with Crippen LogP contribution in [0.5, 0.6) is 5.75 Å². The molecule has 1 rings (SSSR count). The predicted octanol–water partition coefficient (Wildman–Crippen LogP) is 3.23. The van der Waals surface area contributed by atoms with Gasteiger partial charge < -0.3 is 10.1 Å². The second-order valence-corrected chi connectivity index (χ2v) is 4.56. The van der Waals surface area contributed by atoms with Crippen molar-refractivity contribution in [2.24, 2.45) is 5.92 Å². The Bertz CT molecular complexity index is 328. The summed E-state index contributed by atoms with van der Waals surface area (Å²) in [7, 11) is 0. The first-order valence-electron chi connectivity index (χ1n) is 6.26. The molecule has 1 N–H and O–H groups in total. The van der Waals surface area contributed by atoms with Crippen LogP contribution in [0.25, 0.3) is 0 Å². The van der Waals surface area contributed by atoms with Crippen LogP contribution in [0, 0.1) is 11.7 Å². The van der Waals surface area contributed by atoms with E-state index in [0.29, 0.717) is 11.7 Å². The summed E-state index contributed by atoms with van der Waals surface area (Å²) in [6, 6.07) is 6.31. The minimum absolute atomic E-state index is 0.0725. The molecule has 0 aliphatic carbocycles. The number of benzene rings is 1. The van der Waals surface area contributed by atoms with Gasteiger partial charge in [-0.15, -0.1) is 0 Å². The van der Waals surface area contributed by atoms with E-state index in [4.69, 9.17) is 4.74 Å². The average Bonchev–Trinajstić information content (AvgIpc) is 2.28. The number of rotatable bonds is 7. The summed E-state index contributed by atoms with van der Waals surface area (Å²) in [5.74, 6) is 0.733. The van der Waals surface area contributed by atoms with Crippen LogP contribution in [0.3, 0.4) is 0 Å². The van der Waals surface area contributed by atoms with Gasteiger partial charge in [0.05, 0.1) is 0 Å². The molecule has 1 aromatic carbocycles. The molecule has 0 saturated carbocycles. The number of hydrogen-bond donors (Lipinski definition) is 1. The molecule has 96 valence electrons. The highest BCUT2D eigenvalue weighted by atomic mass is 19.1. The summed E-state index contributed by atoms with van der Waals surface area (Å²) >= 11 is 0. The van der Waals surface area contributed by atoms with E-state index in [-0.39, 0.29) is 11.9 Å². The molecule has 0 saturated heterocycles. The van der Waals surface area contributed by atoms with Crippen LogP contribution >= 0.6 is 0 Å². The van der Waals surface area contributed by atoms with Crippen molar-refractivity contribution in [1.82, 2.24) is 5.32 Å². The SMILES string of the molecule is CCCNCC(Oc1cccc(F)c1)C(C)C. The molecule has 3 heteroatoms. The summed E-state index contributed by atoms with van der Waals surface area (Å²) < 4.78 is 18.8. The molecule has 0 heterocycles. The fourth-order valence-corrected chi connectivity index (χ4v) is 1.55. The third-order valence-corrected chi connectivity index (χ3v) is 2.60. The van der Waals surface area contributed by atoms with Crippen molar-refractivity contribution in [3.63, 3.8) is 0 Å². The van der Waals surface area contributed by atoms with Crippen LogP contribution in [0.15, 0.2) is 24.3 Å². The molecule has 0 radical (unpaired) electrons. The highest BCUT2D eigenvalue weighted by molar-refractivity contribution is 5.22. The van der Waals surface area contributed by atoms with Crippen LogP contribution in [-0.4, -0.2) is 19.2 Å². The van der Waals surface area contributed by atoms with Gasteiger partial charge in [-0.3, -0.25) is 0 Å². The molecule has 0 aliphatic heterocycles. The van der Waals surface area contributed by atoms with Crippen LogP contribution in [0.4, 0.5) is 4.39 Å². The summed E-state index contributed by atoms with van der Waals surface area (Å²) in [5.41, 5.74) is 0. The maximum Gasteiger partial charge on any atom is 0.126 e. The normalized spacial score (nSPS) is 12.8. The third-order valence-electron chi connectivity index (χ3n) is 2.60. The molecule has 0 spiro atoms. The van der Waals surface area contributed by atoms with Gasteiger partial charge in [-0.2, -0.15) is 0 Å². The Morgan fingerprint density at radius 2 is 2.12 bits per heavy atom. The van der Waals surface area contributed by atoms with Crippen molar-refractivity contribution >= 4 is 0 Å². The van der Waals surface area contributed by atoms with E-state index in [1.54, 1.807) is 12.1 Å². The van der Waals surface area contributed by atoms with Crippen molar-refractivity contribution in [2.75, 3.05) is 13.1 Å². The fraction of sp³-hybridized carbons (Fsp3) is 0.571. The Morgan fingerprint density at radius 3 is 2.71 bits per heavy atom. The maximum atomic E-state index is 13.0. The van der Waals surface area contributed by atoms with Crippen LogP contribution in [0.1, 0.15) is 27.2 Å². The Balaban J connectivity index is 2.54. The van der Waals surface area contributed by atoms with Gasteiger partial charge in [-0.05, 0) is 31.0 Å².